The maximum Gasteiger partial charge on any atom is 0.109 e. The molecule has 0 bridgehead atoms. The third-order valence-electron chi connectivity index (χ3n) is 1.96. The minimum atomic E-state index is -0.297. The number of nitrogens with one attached hydrogen (secondary N) is 2. The maximum absolute atomic E-state index is 8.47. The van der Waals surface area contributed by atoms with Crippen molar-refractivity contribution in [3.05, 3.63) is 0 Å². The Morgan fingerprint density at radius 3 is 2.40 bits per heavy atom. The topological polar surface area (TPSA) is 56.7 Å². The highest BCUT2D eigenvalue weighted by molar-refractivity contribution is 5.90. The molecule has 0 spiro atoms. The van der Waals surface area contributed by atoms with Crippen LogP contribution in [0.15, 0.2) is 5.16 Å². The molecule has 1 fully saturated rings. The second kappa shape index (κ2) is 2.56. The zero-order valence-electron chi connectivity index (χ0n) is 6.31. The molecule has 0 aliphatic carbocycles. The Balaban J connectivity index is 2.67. The van der Waals surface area contributed by atoms with Gasteiger partial charge in [0.25, 0.3) is 0 Å². The van der Waals surface area contributed by atoms with Crippen LogP contribution < -0.4 is 10.6 Å². The standard InChI is InChI=1S/C6H13N3O/c1-5(9-10)6(2)7-3-4-8-6/h7-8,10H,3-4H2,1-2H3/b9-5+. The minimum absolute atomic E-state index is 0.297. The van der Waals surface area contributed by atoms with Crippen LogP contribution in [0.25, 0.3) is 0 Å². The van der Waals surface area contributed by atoms with E-state index in [2.05, 4.69) is 15.8 Å². The molecule has 1 aliphatic rings. The summed E-state index contributed by atoms with van der Waals surface area (Å²) in [6, 6.07) is 0. The van der Waals surface area contributed by atoms with Crippen molar-refractivity contribution in [2.75, 3.05) is 13.1 Å². The molecule has 3 N–H and O–H groups in total. The van der Waals surface area contributed by atoms with Crippen LogP contribution in [0.3, 0.4) is 0 Å². The number of oxime groups is 1. The van der Waals surface area contributed by atoms with Gasteiger partial charge in [-0.15, -0.1) is 0 Å². The third kappa shape index (κ3) is 1.12. The Morgan fingerprint density at radius 1 is 1.50 bits per heavy atom. The molecule has 0 saturated carbocycles. The highest BCUT2D eigenvalue weighted by Crippen LogP contribution is 2.05. The number of hydrogen-bond donors (Lipinski definition) is 3. The van der Waals surface area contributed by atoms with Gasteiger partial charge in [0.2, 0.25) is 0 Å². The van der Waals surface area contributed by atoms with E-state index >= 15 is 0 Å². The smallest absolute Gasteiger partial charge is 0.109 e. The summed E-state index contributed by atoms with van der Waals surface area (Å²) in [5.41, 5.74) is 0.374. The monoisotopic (exact) mass is 143 g/mol. The van der Waals surface area contributed by atoms with E-state index in [4.69, 9.17) is 5.21 Å². The molecular formula is C6H13N3O. The van der Waals surface area contributed by atoms with Crippen LogP contribution in [0.4, 0.5) is 0 Å². The second-order valence-electron chi connectivity index (χ2n) is 2.66. The highest BCUT2D eigenvalue weighted by Gasteiger charge is 2.30. The van der Waals surface area contributed by atoms with Gasteiger partial charge in [0.05, 0.1) is 5.71 Å². The van der Waals surface area contributed by atoms with Crippen LogP contribution in [-0.4, -0.2) is 29.7 Å². The van der Waals surface area contributed by atoms with Gasteiger partial charge in [-0.05, 0) is 13.8 Å². The fourth-order valence-electron chi connectivity index (χ4n) is 1.04. The first-order chi connectivity index (χ1) is 4.69. The first-order valence-electron chi connectivity index (χ1n) is 3.38. The lowest BCUT2D eigenvalue weighted by atomic mass is 10.1. The SMILES string of the molecule is C/C(=N\O)C1(C)NCCN1. The summed E-state index contributed by atoms with van der Waals surface area (Å²) < 4.78 is 0. The van der Waals surface area contributed by atoms with Crippen molar-refractivity contribution in [2.45, 2.75) is 19.5 Å². The molecular weight excluding hydrogens is 130 g/mol. The van der Waals surface area contributed by atoms with Gasteiger partial charge in [0, 0.05) is 13.1 Å². The first-order valence-corrected chi connectivity index (χ1v) is 3.38. The summed E-state index contributed by atoms with van der Waals surface area (Å²) >= 11 is 0. The number of rotatable bonds is 1. The van der Waals surface area contributed by atoms with E-state index in [1.54, 1.807) is 6.92 Å². The Kier molecular flexibility index (Phi) is 1.92. The lowest BCUT2D eigenvalue weighted by Crippen LogP contribution is -2.52. The number of nitrogens with zero attached hydrogens (tertiary/aromatic N) is 1. The van der Waals surface area contributed by atoms with Crippen molar-refractivity contribution < 1.29 is 5.21 Å². The van der Waals surface area contributed by atoms with Gasteiger partial charge in [-0.25, -0.2) is 0 Å². The van der Waals surface area contributed by atoms with Crippen molar-refractivity contribution in [1.29, 1.82) is 0 Å². The molecule has 10 heavy (non-hydrogen) atoms. The normalized spacial score (nSPS) is 25.2. The number of hydrogen-bond acceptors (Lipinski definition) is 4. The molecule has 4 heteroatoms. The molecule has 0 aromatic heterocycles. The quantitative estimate of drug-likeness (QED) is 0.269. The zero-order chi connectivity index (χ0) is 7.61. The van der Waals surface area contributed by atoms with Crippen molar-refractivity contribution in [3.63, 3.8) is 0 Å². The summed E-state index contributed by atoms with van der Waals surface area (Å²) in [5.74, 6) is 0. The summed E-state index contributed by atoms with van der Waals surface area (Å²) in [6.07, 6.45) is 0. The molecule has 4 nitrogen and oxygen atoms in total. The Hall–Kier alpha value is -0.610. The zero-order valence-corrected chi connectivity index (χ0v) is 6.31. The fraction of sp³-hybridized carbons (Fsp3) is 0.833. The van der Waals surface area contributed by atoms with Crippen molar-refractivity contribution in [1.82, 2.24) is 10.6 Å². The van der Waals surface area contributed by atoms with E-state index < -0.39 is 0 Å². The Labute approximate surface area is 60.3 Å². The predicted octanol–water partition coefficient (Wildman–Crippen LogP) is -0.255. The first kappa shape index (κ1) is 7.50. The molecule has 0 atom stereocenters. The fourth-order valence-corrected chi connectivity index (χ4v) is 1.04. The van der Waals surface area contributed by atoms with Gasteiger partial charge in [-0.1, -0.05) is 5.16 Å². The molecule has 0 amide bonds. The van der Waals surface area contributed by atoms with E-state index in [1.165, 1.54) is 0 Å². The third-order valence-corrected chi connectivity index (χ3v) is 1.96. The molecule has 0 aromatic carbocycles. The molecule has 0 aromatic rings. The van der Waals surface area contributed by atoms with Gasteiger partial charge in [-0.3, -0.25) is 10.6 Å². The van der Waals surface area contributed by atoms with Gasteiger partial charge in [0.15, 0.2) is 0 Å². The van der Waals surface area contributed by atoms with Gasteiger partial charge >= 0.3 is 0 Å². The van der Waals surface area contributed by atoms with E-state index in [1.807, 2.05) is 6.92 Å². The van der Waals surface area contributed by atoms with Crippen molar-refractivity contribution >= 4 is 5.71 Å². The van der Waals surface area contributed by atoms with Crippen LogP contribution in [0.2, 0.25) is 0 Å². The lowest BCUT2D eigenvalue weighted by Gasteiger charge is -2.22. The van der Waals surface area contributed by atoms with Crippen LogP contribution >= 0.6 is 0 Å². The van der Waals surface area contributed by atoms with E-state index in [0.717, 1.165) is 13.1 Å². The highest BCUT2D eigenvalue weighted by atomic mass is 16.4. The molecule has 1 rings (SSSR count). The summed E-state index contributed by atoms with van der Waals surface area (Å²) in [5, 5.41) is 18.0. The minimum Gasteiger partial charge on any atom is -0.411 e. The van der Waals surface area contributed by atoms with Crippen LogP contribution in [0.1, 0.15) is 13.8 Å². The summed E-state index contributed by atoms with van der Waals surface area (Å²) in [4.78, 5) is 0. The van der Waals surface area contributed by atoms with Gasteiger partial charge in [0.1, 0.15) is 5.66 Å². The largest absolute Gasteiger partial charge is 0.411 e. The van der Waals surface area contributed by atoms with Gasteiger partial charge in [-0.2, -0.15) is 0 Å². The Bertz CT molecular complexity index is 149. The van der Waals surface area contributed by atoms with Crippen molar-refractivity contribution in [2.24, 2.45) is 5.16 Å². The molecule has 1 saturated heterocycles. The average molecular weight is 143 g/mol. The molecule has 0 radical (unpaired) electrons. The summed E-state index contributed by atoms with van der Waals surface area (Å²) in [7, 11) is 0. The van der Waals surface area contributed by atoms with E-state index in [0.29, 0.717) is 5.71 Å². The van der Waals surface area contributed by atoms with Crippen LogP contribution in [0.5, 0.6) is 0 Å². The van der Waals surface area contributed by atoms with Crippen molar-refractivity contribution in [3.8, 4) is 0 Å². The van der Waals surface area contributed by atoms with E-state index in [-0.39, 0.29) is 5.66 Å². The second-order valence-corrected chi connectivity index (χ2v) is 2.66. The lowest BCUT2D eigenvalue weighted by molar-refractivity contribution is 0.309. The molecule has 1 aliphatic heterocycles. The summed E-state index contributed by atoms with van der Waals surface area (Å²) in [6.45, 7) is 5.58. The van der Waals surface area contributed by atoms with Crippen LogP contribution in [-0.2, 0) is 0 Å². The average Bonchev–Trinajstić information content (AvgIpc) is 2.36. The maximum atomic E-state index is 8.47. The van der Waals surface area contributed by atoms with E-state index in [9.17, 15) is 0 Å². The molecule has 1 heterocycles. The molecule has 0 unspecified atom stereocenters. The van der Waals surface area contributed by atoms with Gasteiger partial charge < -0.3 is 5.21 Å². The predicted molar refractivity (Wildman–Crippen MR) is 39.3 cm³/mol. The Morgan fingerprint density at radius 2 is 2.00 bits per heavy atom. The molecule has 58 valence electrons. The van der Waals surface area contributed by atoms with Crippen LogP contribution in [0, 0.1) is 0 Å².